The van der Waals surface area contributed by atoms with Gasteiger partial charge < -0.3 is 16.4 Å². The highest BCUT2D eigenvalue weighted by Gasteiger charge is 2.30. The molecule has 1 unspecified atom stereocenters. The second-order valence-electron chi connectivity index (χ2n) is 5.27. The molecule has 0 aromatic heterocycles. The first kappa shape index (κ1) is 13.0. The summed E-state index contributed by atoms with van der Waals surface area (Å²) in [6.45, 7) is 5.83. The molecule has 1 rings (SSSR count). The minimum absolute atomic E-state index is 0.0707. The first-order chi connectivity index (χ1) is 7.32. The predicted molar refractivity (Wildman–Crippen MR) is 61.4 cm³/mol. The Hall–Kier alpha value is -1.10. The molecule has 0 aromatic carbocycles. The number of nitrogens with zero attached hydrogens (tertiary/aromatic N) is 1. The van der Waals surface area contributed by atoms with Crippen molar-refractivity contribution in [2.75, 3.05) is 13.1 Å². The van der Waals surface area contributed by atoms with Crippen LogP contribution in [0.25, 0.3) is 0 Å². The Morgan fingerprint density at radius 2 is 1.81 bits per heavy atom. The molecular weight excluding hydrogens is 206 g/mol. The monoisotopic (exact) mass is 227 g/mol. The molecule has 0 aliphatic carbocycles. The molecule has 5 nitrogen and oxygen atoms in total. The largest absolute Gasteiger partial charge is 0.370 e. The molecule has 0 radical (unpaired) electrons. The van der Waals surface area contributed by atoms with Crippen LogP contribution in [0.1, 0.15) is 33.1 Å². The van der Waals surface area contributed by atoms with Gasteiger partial charge in [0.1, 0.15) is 0 Å². The Kier molecular flexibility index (Phi) is 3.91. The van der Waals surface area contributed by atoms with E-state index in [4.69, 9.17) is 11.5 Å². The zero-order chi connectivity index (χ0) is 12.3. The second kappa shape index (κ2) is 4.82. The highest BCUT2D eigenvalue weighted by Crippen LogP contribution is 2.29. The van der Waals surface area contributed by atoms with Crippen molar-refractivity contribution in [3.8, 4) is 0 Å². The van der Waals surface area contributed by atoms with Gasteiger partial charge in [-0.1, -0.05) is 13.8 Å². The SMILES string of the molecule is CC1(C)CCN(C(=O)C(N)CC(N)=O)CC1. The van der Waals surface area contributed by atoms with Crippen LogP contribution >= 0.6 is 0 Å². The van der Waals surface area contributed by atoms with Crippen LogP contribution in [0.15, 0.2) is 0 Å². The van der Waals surface area contributed by atoms with E-state index in [1.807, 2.05) is 0 Å². The van der Waals surface area contributed by atoms with Crippen LogP contribution in [0.2, 0.25) is 0 Å². The summed E-state index contributed by atoms with van der Waals surface area (Å²) in [6.07, 6.45) is 1.88. The molecule has 16 heavy (non-hydrogen) atoms. The lowest BCUT2D eigenvalue weighted by Crippen LogP contribution is -2.49. The molecule has 0 bridgehead atoms. The van der Waals surface area contributed by atoms with Gasteiger partial charge in [0.2, 0.25) is 11.8 Å². The molecule has 5 heteroatoms. The molecule has 0 saturated carbocycles. The number of amides is 2. The summed E-state index contributed by atoms with van der Waals surface area (Å²) in [5, 5.41) is 0. The van der Waals surface area contributed by atoms with Crippen molar-refractivity contribution in [1.29, 1.82) is 0 Å². The molecule has 92 valence electrons. The van der Waals surface area contributed by atoms with Crippen molar-refractivity contribution in [1.82, 2.24) is 4.90 Å². The van der Waals surface area contributed by atoms with E-state index in [9.17, 15) is 9.59 Å². The molecule has 1 atom stereocenters. The molecule has 1 saturated heterocycles. The molecule has 1 heterocycles. The van der Waals surface area contributed by atoms with E-state index in [1.165, 1.54) is 0 Å². The lowest BCUT2D eigenvalue weighted by Gasteiger charge is -2.37. The Bertz CT molecular complexity index is 279. The number of likely N-dealkylation sites (tertiary alicyclic amines) is 1. The zero-order valence-electron chi connectivity index (χ0n) is 10.0. The van der Waals surface area contributed by atoms with Crippen molar-refractivity contribution in [3.05, 3.63) is 0 Å². The molecule has 1 aliphatic rings. The highest BCUT2D eigenvalue weighted by molar-refractivity contribution is 5.87. The summed E-state index contributed by atoms with van der Waals surface area (Å²) in [4.78, 5) is 24.2. The van der Waals surface area contributed by atoms with Crippen molar-refractivity contribution >= 4 is 11.8 Å². The summed E-state index contributed by atoms with van der Waals surface area (Å²) in [6, 6.07) is -0.779. The average molecular weight is 227 g/mol. The van der Waals surface area contributed by atoms with Gasteiger partial charge in [0.15, 0.2) is 0 Å². The number of nitrogens with two attached hydrogens (primary N) is 2. The van der Waals surface area contributed by atoms with E-state index in [0.29, 0.717) is 5.41 Å². The molecule has 1 fully saturated rings. The number of rotatable bonds is 3. The maximum Gasteiger partial charge on any atom is 0.240 e. The van der Waals surface area contributed by atoms with Gasteiger partial charge in [-0.15, -0.1) is 0 Å². The van der Waals surface area contributed by atoms with Crippen molar-refractivity contribution in [3.63, 3.8) is 0 Å². The first-order valence-corrected chi connectivity index (χ1v) is 5.64. The molecule has 2 amide bonds. The normalized spacial score (nSPS) is 21.6. The summed E-state index contributed by atoms with van der Waals surface area (Å²) in [5.74, 6) is -0.688. The van der Waals surface area contributed by atoms with Gasteiger partial charge in [0, 0.05) is 13.1 Å². The fourth-order valence-electron chi connectivity index (χ4n) is 1.87. The number of carbonyl (C=O) groups is 2. The van der Waals surface area contributed by atoms with Gasteiger partial charge in [-0.05, 0) is 18.3 Å². The summed E-state index contributed by atoms with van der Waals surface area (Å²) >= 11 is 0. The lowest BCUT2D eigenvalue weighted by molar-refractivity contribution is -0.136. The Balaban J connectivity index is 2.47. The number of primary amides is 1. The van der Waals surface area contributed by atoms with Gasteiger partial charge in [-0.2, -0.15) is 0 Å². The third-order valence-corrected chi connectivity index (χ3v) is 3.17. The topological polar surface area (TPSA) is 89.4 Å². The lowest BCUT2D eigenvalue weighted by atomic mass is 9.82. The fraction of sp³-hybridized carbons (Fsp3) is 0.818. The van der Waals surface area contributed by atoms with Gasteiger partial charge >= 0.3 is 0 Å². The second-order valence-corrected chi connectivity index (χ2v) is 5.27. The Morgan fingerprint density at radius 1 is 1.31 bits per heavy atom. The maximum atomic E-state index is 11.8. The quantitative estimate of drug-likeness (QED) is 0.702. The third kappa shape index (κ3) is 3.48. The summed E-state index contributed by atoms with van der Waals surface area (Å²) in [5.41, 5.74) is 10.9. The minimum atomic E-state index is -0.779. The van der Waals surface area contributed by atoms with Crippen molar-refractivity contribution in [2.45, 2.75) is 39.2 Å². The average Bonchev–Trinajstić information content (AvgIpc) is 2.15. The fourth-order valence-corrected chi connectivity index (χ4v) is 1.87. The maximum absolute atomic E-state index is 11.8. The summed E-state index contributed by atoms with van der Waals surface area (Å²) in [7, 11) is 0. The minimum Gasteiger partial charge on any atom is -0.370 e. The predicted octanol–water partition coefficient (Wildman–Crippen LogP) is -0.162. The van der Waals surface area contributed by atoms with Gasteiger partial charge in [-0.25, -0.2) is 0 Å². The first-order valence-electron chi connectivity index (χ1n) is 5.64. The smallest absolute Gasteiger partial charge is 0.240 e. The highest BCUT2D eigenvalue weighted by atomic mass is 16.2. The van der Waals surface area contributed by atoms with Gasteiger partial charge in [0.05, 0.1) is 12.5 Å². The zero-order valence-corrected chi connectivity index (χ0v) is 10.0. The van der Waals surface area contributed by atoms with Gasteiger partial charge in [-0.3, -0.25) is 9.59 Å². The van der Waals surface area contributed by atoms with Crippen LogP contribution < -0.4 is 11.5 Å². The molecule has 4 N–H and O–H groups in total. The van der Waals surface area contributed by atoms with E-state index in [1.54, 1.807) is 4.90 Å². The Labute approximate surface area is 96.1 Å². The molecular formula is C11H21N3O2. The van der Waals surface area contributed by atoms with Gasteiger partial charge in [0.25, 0.3) is 0 Å². The van der Waals surface area contributed by atoms with E-state index in [2.05, 4.69) is 13.8 Å². The number of carbonyl (C=O) groups excluding carboxylic acids is 2. The number of piperidine rings is 1. The van der Waals surface area contributed by atoms with Crippen molar-refractivity contribution < 1.29 is 9.59 Å². The third-order valence-electron chi connectivity index (χ3n) is 3.17. The van der Waals surface area contributed by atoms with E-state index in [-0.39, 0.29) is 12.3 Å². The summed E-state index contributed by atoms with van der Waals surface area (Å²) < 4.78 is 0. The standard InChI is InChI=1S/C11H21N3O2/c1-11(2)3-5-14(6-4-11)10(16)8(12)7-9(13)15/h8H,3-7,12H2,1-2H3,(H2,13,15). The Morgan fingerprint density at radius 3 is 2.25 bits per heavy atom. The van der Waals surface area contributed by atoms with Crippen LogP contribution in [-0.4, -0.2) is 35.8 Å². The number of hydrogen-bond donors (Lipinski definition) is 2. The van der Waals surface area contributed by atoms with Crippen LogP contribution in [0, 0.1) is 5.41 Å². The van der Waals surface area contributed by atoms with Crippen LogP contribution in [0.3, 0.4) is 0 Å². The van der Waals surface area contributed by atoms with Crippen LogP contribution in [0.5, 0.6) is 0 Å². The van der Waals surface area contributed by atoms with E-state index in [0.717, 1.165) is 25.9 Å². The van der Waals surface area contributed by atoms with E-state index >= 15 is 0 Å². The van der Waals surface area contributed by atoms with Crippen LogP contribution in [0.4, 0.5) is 0 Å². The molecule has 0 spiro atoms. The van der Waals surface area contributed by atoms with Crippen molar-refractivity contribution in [2.24, 2.45) is 16.9 Å². The molecule has 0 aromatic rings. The van der Waals surface area contributed by atoms with Crippen LogP contribution in [-0.2, 0) is 9.59 Å². The molecule has 1 aliphatic heterocycles. The van der Waals surface area contributed by atoms with E-state index < -0.39 is 11.9 Å². The number of hydrogen-bond acceptors (Lipinski definition) is 3.